The molecule has 132 valence electrons. The van der Waals surface area contributed by atoms with Crippen molar-refractivity contribution in [1.82, 2.24) is 15.6 Å². The van der Waals surface area contributed by atoms with Crippen LogP contribution >= 0.6 is 35.3 Å². The molecule has 0 amide bonds. The molecule has 0 aliphatic carbocycles. The number of aryl methyl sites for hydroxylation is 2. The van der Waals surface area contributed by atoms with Gasteiger partial charge < -0.3 is 10.6 Å². The van der Waals surface area contributed by atoms with Crippen molar-refractivity contribution in [2.75, 3.05) is 13.6 Å². The van der Waals surface area contributed by atoms with Crippen LogP contribution in [0, 0.1) is 12.7 Å². The molecular weight excluding hydrogens is 438 g/mol. The Balaban J connectivity index is 0.00000288. The Labute approximate surface area is 164 Å². The van der Waals surface area contributed by atoms with Crippen LogP contribution in [0.2, 0.25) is 0 Å². The van der Waals surface area contributed by atoms with Crippen molar-refractivity contribution in [2.24, 2.45) is 4.99 Å². The highest BCUT2D eigenvalue weighted by Gasteiger charge is 2.06. The number of benzene rings is 1. The van der Waals surface area contributed by atoms with E-state index in [1.165, 1.54) is 16.6 Å². The average molecular weight is 462 g/mol. The second-order valence-corrected chi connectivity index (χ2v) is 6.45. The summed E-state index contributed by atoms with van der Waals surface area (Å²) in [5.74, 6) is 0.457. The smallest absolute Gasteiger partial charge is 0.191 e. The Morgan fingerprint density at radius 2 is 2.04 bits per heavy atom. The summed E-state index contributed by atoms with van der Waals surface area (Å²) in [6.07, 6.45) is 1.83. The maximum absolute atomic E-state index is 13.6. The molecule has 0 spiro atoms. The molecule has 0 aliphatic heterocycles. The monoisotopic (exact) mass is 462 g/mol. The molecule has 0 unspecified atom stereocenters. The Hall–Kier alpha value is -1.22. The summed E-state index contributed by atoms with van der Waals surface area (Å²) < 4.78 is 13.6. The zero-order chi connectivity index (χ0) is 16.7. The summed E-state index contributed by atoms with van der Waals surface area (Å²) in [6.45, 7) is 5.39. The van der Waals surface area contributed by atoms with Crippen molar-refractivity contribution in [2.45, 2.75) is 33.2 Å². The van der Waals surface area contributed by atoms with Gasteiger partial charge in [-0.3, -0.25) is 4.99 Å². The minimum atomic E-state index is -0.208. The highest BCUT2D eigenvalue weighted by Crippen LogP contribution is 2.17. The molecule has 4 nitrogen and oxygen atoms in total. The zero-order valence-electron chi connectivity index (χ0n) is 14.2. The maximum Gasteiger partial charge on any atom is 0.191 e. The highest BCUT2D eigenvalue weighted by molar-refractivity contribution is 14.0. The second kappa shape index (κ2) is 10.6. The van der Waals surface area contributed by atoms with Gasteiger partial charge in [0.25, 0.3) is 0 Å². The first-order valence-corrected chi connectivity index (χ1v) is 8.58. The number of nitrogens with zero attached hydrogens (tertiary/aromatic N) is 2. The number of aliphatic imine (C=N–C) groups is 1. The van der Waals surface area contributed by atoms with Gasteiger partial charge in [0.1, 0.15) is 5.82 Å². The maximum atomic E-state index is 13.6. The molecule has 0 atom stereocenters. The molecule has 2 rings (SSSR count). The molecule has 0 fully saturated rings. The summed E-state index contributed by atoms with van der Waals surface area (Å²) in [5, 5.41) is 7.50. The van der Waals surface area contributed by atoms with Crippen molar-refractivity contribution in [3.05, 3.63) is 51.2 Å². The summed E-state index contributed by atoms with van der Waals surface area (Å²) in [4.78, 5) is 10.1. The van der Waals surface area contributed by atoms with Gasteiger partial charge in [-0.15, -0.1) is 35.3 Å². The normalized spacial score (nSPS) is 11.1. The second-order valence-electron chi connectivity index (χ2n) is 5.16. The van der Waals surface area contributed by atoms with Gasteiger partial charge >= 0.3 is 0 Å². The van der Waals surface area contributed by atoms with E-state index in [4.69, 9.17) is 0 Å². The Bertz CT molecular complexity index is 672. The molecule has 0 saturated heterocycles. The molecule has 0 saturated carbocycles. The Morgan fingerprint density at radius 1 is 1.29 bits per heavy atom. The van der Waals surface area contributed by atoms with Gasteiger partial charge in [-0.05, 0) is 19.4 Å². The molecule has 24 heavy (non-hydrogen) atoms. The lowest BCUT2D eigenvalue weighted by Gasteiger charge is -2.11. The third-order valence-electron chi connectivity index (χ3n) is 3.53. The van der Waals surface area contributed by atoms with Crippen LogP contribution in [0.5, 0.6) is 0 Å². The predicted molar refractivity (Wildman–Crippen MR) is 110 cm³/mol. The van der Waals surface area contributed by atoms with E-state index in [0.29, 0.717) is 18.1 Å². The number of halogens is 2. The first kappa shape index (κ1) is 20.8. The van der Waals surface area contributed by atoms with Crippen molar-refractivity contribution >= 4 is 41.3 Å². The molecule has 2 N–H and O–H groups in total. The number of rotatable bonds is 6. The van der Waals surface area contributed by atoms with E-state index in [-0.39, 0.29) is 29.8 Å². The SMILES string of the molecule is CCc1nc(CCNC(=NC)NCc2ccccc2F)sc1C.I. The lowest BCUT2D eigenvalue weighted by Crippen LogP contribution is -2.38. The van der Waals surface area contributed by atoms with Gasteiger partial charge in [0.05, 0.1) is 10.7 Å². The van der Waals surface area contributed by atoms with Crippen LogP contribution < -0.4 is 10.6 Å². The van der Waals surface area contributed by atoms with Crippen LogP contribution in [-0.4, -0.2) is 24.5 Å². The Kier molecular flexibility index (Phi) is 9.20. The van der Waals surface area contributed by atoms with Crippen LogP contribution in [0.3, 0.4) is 0 Å². The lowest BCUT2D eigenvalue weighted by atomic mass is 10.2. The third-order valence-corrected chi connectivity index (χ3v) is 4.60. The predicted octanol–water partition coefficient (Wildman–Crippen LogP) is 3.68. The molecule has 2 aromatic rings. The standard InChI is InChI=1S/C17H23FN4S.HI/c1-4-15-12(2)23-16(22-15)9-10-20-17(19-3)21-11-13-7-5-6-8-14(13)18;/h5-8H,4,9-11H2,1-3H3,(H2,19,20,21);1H. The summed E-state index contributed by atoms with van der Waals surface area (Å²) in [6, 6.07) is 6.74. The largest absolute Gasteiger partial charge is 0.356 e. The number of aromatic nitrogens is 1. The fourth-order valence-electron chi connectivity index (χ4n) is 2.25. The van der Waals surface area contributed by atoms with Crippen LogP contribution in [0.4, 0.5) is 4.39 Å². The van der Waals surface area contributed by atoms with E-state index in [9.17, 15) is 4.39 Å². The molecule has 1 aromatic heterocycles. The fraction of sp³-hybridized carbons (Fsp3) is 0.412. The molecular formula is C17H24FIN4S. The van der Waals surface area contributed by atoms with Crippen molar-refractivity contribution < 1.29 is 4.39 Å². The quantitative estimate of drug-likeness (QED) is 0.391. The fourth-order valence-corrected chi connectivity index (χ4v) is 3.27. The number of nitrogens with one attached hydrogen (secondary N) is 2. The minimum absolute atomic E-state index is 0. The first-order chi connectivity index (χ1) is 11.1. The number of hydrogen-bond acceptors (Lipinski definition) is 3. The van der Waals surface area contributed by atoms with Gasteiger partial charge in [-0.2, -0.15) is 0 Å². The van der Waals surface area contributed by atoms with Gasteiger partial charge in [0.2, 0.25) is 0 Å². The van der Waals surface area contributed by atoms with E-state index in [2.05, 4.69) is 34.5 Å². The number of thiazole rings is 1. The van der Waals surface area contributed by atoms with Crippen molar-refractivity contribution in [3.8, 4) is 0 Å². The van der Waals surface area contributed by atoms with E-state index < -0.39 is 0 Å². The zero-order valence-corrected chi connectivity index (χ0v) is 17.4. The van der Waals surface area contributed by atoms with Crippen LogP contribution in [0.15, 0.2) is 29.3 Å². The van der Waals surface area contributed by atoms with Gasteiger partial charge in [-0.1, -0.05) is 25.1 Å². The molecule has 0 radical (unpaired) electrons. The lowest BCUT2D eigenvalue weighted by molar-refractivity contribution is 0.604. The number of hydrogen-bond donors (Lipinski definition) is 2. The summed E-state index contributed by atoms with van der Waals surface area (Å²) in [5.41, 5.74) is 1.81. The molecule has 0 aliphatic rings. The Morgan fingerprint density at radius 3 is 2.67 bits per heavy atom. The van der Waals surface area contributed by atoms with Gasteiger partial charge in [0, 0.05) is 37.0 Å². The molecule has 7 heteroatoms. The van der Waals surface area contributed by atoms with Crippen LogP contribution in [0.1, 0.15) is 28.1 Å². The van der Waals surface area contributed by atoms with Crippen LogP contribution in [-0.2, 0) is 19.4 Å². The topological polar surface area (TPSA) is 49.3 Å². The van der Waals surface area contributed by atoms with Crippen molar-refractivity contribution in [3.63, 3.8) is 0 Å². The van der Waals surface area contributed by atoms with E-state index in [0.717, 1.165) is 24.4 Å². The average Bonchev–Trinajstić information content (AvgIpc) is 2.92. The minimum Gasteiger partial charge on any atom is -0.356 e. The highest BCUT2D eigenvalue weighted by atomic mass is 127. The first-order valence-electron chi connectivity index (χ1n) is 7.77. The summed E-state index contributed by atoms with van der Waals surface area (Å²) in [7, 11) is 1.71. The van der Waals surface area contributed by atoms with Gasteiger partial charge in [0.15, 0.2) is 5.96 Å². The van der Waals surface area contributed by atoms with E-state index in [1.807, 2.05) is 6.07 Å². The van der Waals surface area contributed by atoms with Crippen LogP contribution in [0.25, 0.3) is 0 Å². The molecule has 1 heterocycles. The van der Waals surface area contributed by atoms with Gasteiger partial charge in [-0.25, -0.2) is 9.37 Å². The summed E-state index contributed by atoms with van der Waals surface area (Å²) >= 11 is 1.75. The van der Waals surface area contributed by atoms with E-state index in [1.54, 1.807) is 30.5 Å². The number of guanidine groups is 1. The third kappa shape index (κ3) is 6.01. The van der Waals surface area contributed by atoms with E-state index >= 15 is 0 Å². The molecule has 1 aromatic carbocycles. The van der Waals surface area contributed by atoms with Crippen molar-refractivity contribution in [1.29, 1.82) is 0 Å². The molecule has 0 bridgehead atoms.